The summed E-state index contributed by atoms with van der Waals surface area (Å²) in [4.78, 5) is 10.3. The minimum atomic E-state index is -0.434. The van der Waals surface area contributed by atoms with Gasteiger partial charge in [0.15, 0.2) is 5.16 Å². The molecule has 0 spiro atoms. The van der Waals surface area contributed by atoms with Crippen LogP contribution in [0.5, 0.6) is 0 Å². The molecule has 0 unspecified atom stereocenters. The lowest BCUT2D eigenvalue weighted by atomic mass is 10.2. The van der Waals surface area contributed by atoms with Gasteiger partial charge in [0.2, 0.25) is 0 Å². The molecule has 8 heteroatoms. The molecule has 0 bridgehead atoms. The maximum Gasteiger partial charge on any atom is 0.269 e. The third-order valence-electron chi connectivity index (χ3n) is 2.65. The Morgan fingerprint density at radius 3 is 2.79 bits per heavy atom. The molecule has 0 saturated heterocycles. The normalized spacial score (nSPS) is 10.7. The zero-order valence-electron chi connectivity index (χ0n) is 10.3. The summed E-state index contributed by atoms with van der Waals surface area (Å²) in [7, 11) is 1.87. The van der Waals surface area contributed by atoms with E-state index in [9.17, 15) is 10.1 Å². The summed E-state index contributed by atoms with van der Waals surface area (Å²) in [6, 6.07) is 4.42. The first-order chi connectivity index (χ1) is 8.99. The van der Waals surface area contributed by atoms with E-state index in [2.05, 4.69) is 10.2 Å². The molecule has 0 fully saturated rings. The van der Waals surface area contributed by atoms with Gasteiger partial charge >= 0.3 is 0 Å². The molecule has 0 radical (unpaired) electrons. The highest BCUT2D eigenvalue weighted by Crippen LogP contribution is 2.28. The Balaban J connectivity index is 2.17. The smallest absolute Gasteiger partial charge is 0.269 e. The highest BCUT2D eigenvalue weighted by molar-refractivity contribution is 7.98. The highest BCUT2D eigenvalue weighted by Gasteiger charge is 2.12. The lowest BCUT2D eigenvalue weighted by Gasteiger charge is -2.04. The van der Waals surface area contributed by atoms with Crippen LogP contribution in [0.1, 0.15) is 11.4 Å². The van der Waals surface area contributed by atoms with E-state index in [0.717, 1.165) is 11.0 Å². The van der Waals surface area contributed by atoms with Crippen LogP contribution in [0.25, 0.3) is 0 Å². The van der Waals surface area contributed by atoms with E-state index in [4.69, 9.17) is 11.6 Å². The number of halogens is 1. The first kappa shape index (κ1) is 13.8. The standard InChI is InChI=1S/C11H11ClN4O2S/c1-7-13-14-11(15(7)2)19-6-8-5-9(16(17)18)3-4-10(8)12/h3-5H,6H2,1-2H3. The molecule has 0 atom stereocenters. The number of rotatable bonds is 4. The molecule has 2 aromatic rings. The predicted molar refractivity (Wildman–Crippen MR) is 73.4 cm³/mol. The minimum Gasteiger partial charge on any atom is -0.309 e. The number of non-ortho nitro benzene ring substituents is 1. The Labute approximate surface area is 118 Å². The first-order valence-corrected chi connectivity index (χ1v) is 6.77. The van der Waals surface area contributed by atoms with Crippen LogP contribution in [0, 0.1) is 17.0 Å². The molecule has 1 aromatic carbocycles. The van der Waals surface area contributed by atoms with Gasteiger partial charge in [0.25, 0.3) is 5.69 Å². The molecule has 0 saturated carbocycles. The Bertz CT molecular complexity index is 629. The number of aryl methyl sites for hydroxylation is 1. The third-order valence-corrected chi connectivity index (χ3v) is 4.09. The van der Waals surface area contributed by atoms with Gasteiger partial charge in [0.1, 0.15) is 5.82 Å². The lowest BCUT2D eigenvalue weighted by Crippen LogP contribution is -1.95. The largest absolute Gasteiger partial charge is 0.309 e. The van der Waals surface area contributed by atoms with Crippen LogP contribution in [0.3, 0.4) is 0 Å². The van der Waals surface area contributed by atoms with E-state index in [1.54, 1.807) is 0 Å². The number of benzene rings is 1. The van der Waals surface area contributed by atoms with Crippen molar-refractivity contribution >= 4 is 29.1 Å². The van der Waals surface area contributed by atoms with E-state index in [0.29, 0.717) is 16.3 Å². The molecule has 0 N–H and O–H groups in total. The fraction of sp³-hybridized carbons (Fsp3) is 0.273. The minimum absolute atomic E-state index is 0.0362. The summed E-state index contributed by atoms with van der Waals surface area (Å²) in [6.45, 7) is 1.86. The summed E-state index contributed by atoms with van der Waals surface area (Å²) in [5.74, 6) is 1.32. The topological polar surface area (TPSA) is 73.8 Å². The van der Waals surface area contributed by atoms with Crippen molar-refractivity contribution in [1.29, 1.82) is 0 Å². The lowest BCUT2D eigenvalue weighted by molar-refractivity contribution is -0.384. The Morgan fingerprint density at radius 2 is 2.21 bits per heavy atom. The van der Waals surface area contributed by atoms with E-state index in [-0.39, 0.29) is 5.69 Å². The number of aromatic nitrogens is 3. The number of nitro groups is 1. The summed E-state index contributed by atoms with van der Waals surface area (Å²) in [5.41, 5.74) is 0.746. The highest BCUT2D eigenvalue weighted by atomic mass is 35.5. The van der Waals surface area contributed by atoms with Gasteiger partial charge < -0.3 is 4.57 Å². The molecule has 0 aliphatic heterocycles. The van der Waals surface area contributed by atoms with Crippen LogP contribution in [0.2, 0.25) is 5.02 Å². The van der Waals surface area contributed by atoms with Crippen LogP contribution in [-0.2, 0) is 12.8 Å². The number of nitro benzene ring substituents is 1. The van der Waals surface area contributed by atoms with E-state index in [1.807, 2.05) is 18.5 Å². The fourth-order valence-corrected chi connectivity index (χ4v) is 2.65. The number of hydrogen-bond acceptors (Lipinski definition) is 5. The second-order valence-electron chi connectivity index (χ2n) is 3.91. The van der Waals surface area contributed by atoms with Gasteiger partial charge in [-0.1, -0.05) is 23.4 Å². The van der Waals surface area contributed by atoms with Gasteiger partial charge in [-0.25, -0.2) is 0 Å². The van der Waals surface area contributed by atoms with Crippen molar-refractivity contribution in [1.82, 2.24) is 14.8 Å². The average Bonchev–Trinajstić information content (AvgIpc) is 2.69. The molecule has 19 heavy (non-hydrogen) atoms. The van der Waals surface area contributed by atoms with Gasteiger partial charge in [0, 0.05) is 30.0 Å². The van der Waals surface area contributed by atoms with Crippen molar-refractivity contribution in [3.63, 3.8) is 0 Å². The number of hydrogen-bond donors (Lipinski definition) is 0. The summed E-state index contributed by atoms with van der Waals surface area (Å²) >= 11 is 7.47. The van der Waals surface area contributed by atoms with Crippen molar-refractivity contribution in [3.05, 3.63) is 44.7 Å². The van der Waals surface area contributed by atoms with Gasteiger partial charge in [0.05, 0.1) is 4.92 Å². The maximum atomic E-state index is 10.7. The Hall–Kier alpha value is -1.60. The average molecular weight is 299 g/mol. The SMILES string of the molecule is Cc1nnc(SCc2cc([N+](=O)[O-])ccc2Cl)n1C. The summed E-state index contributed by atoms with van der Waals surface area (Å²) in [5, 5.41) is 20.0. The molecule has 1 heterocycles. The van der Waals surface area contributed by atoms with E-state index >= 15 is 0 Å². The second-order valence-corrected chi connectivity index (χ2v) is 5.26. The van der Waals surface area contributed by atoms with Crippen LogP contribution in [0.4, 0.5) is 5.69 Å². The van der Waals surface area contributed by atoms with Gasteiger partial charge in [-0.3, -0.25) is 10.1 Å². The van der Waals surface area contributed by atoms with E-state index < -0.39 is 4.92 Å². The van der Waals surface area contributed by atoms with Crippen molar-refractivity contribution in [2.24, 2.45) is 7.05 Å². The van der Waals surface area contributed by atoms with Crippen molar-refractivity contribution in [2.45, 2.75) is 17.8 Å². The summed E-state index contributed by atoms with van der Waals surface area (Å²) < 4.78 is 1.86. The molecule has 1 aromatic heterocycles. The summed E-state index contributed by atoms with van der Waals surface area (Å²) in [6.07, 6.45) is 0. The van der Waals surface area contributed by atoms with Crippen molar-refractivity contribution in [2.75, 3.05) is 0 Å². The molecular weight excluding hydrogens is 288 g/mol. The molecule has 0 amide bonds. The van der Waals surface area contributed by atoms with Crippen LogP contribution in [-0.4, -0.2) is 19.7 Å². The fourth-order valence-electron chi connectivity index (χ4n) is 1.44. The number of thioether (sulfide) groups is 1. The number of nitrogens with zero attached hydrogens (tertiary/aromatic N) is 4. The molecule has 0 aliphatic carbocycles. The van der Waals surface area contributed by atoms with Crippen molar-refractivity contribution in [3.8, 4) is 0 Å². The van der Waals surface area contributed by atoms with Crippen LogP contribution >= 0.6 is 23.4 Å². The zero-order valence-corrected chi connectivity index (χ0v) is 11.9. The predicted octanol–water partition coefficient (Wildman–Crippen LogP) is 2.98. The molecular formula is C11H11ClN4O2S. The Kier molecular flexibility index (Phi) is 4.06. The molecule has 6 nitrogen and oxygen atoms in total. The Morgan fingerprint density at radius 1 is 1.47 bits per heavy atom. The van der Waals surface area contributed by atoms with Gasteiger partial charge in [-0.05, 0) is 18.6 Å². The van der Waals surface area contributed by atoms with Gasteiger partial charge in [-0.2, -0.15) is 0 Å². The zero-order chi connectivity index (χ0) is 14.0. The van der Waals surface area contributed by atoms with Crippen molar-refractivity contribution < 1.29 is 4.92 Å². The maximum absolute atomic E-state index is 10.7. The monoisotopic (exact) mass is 298 g/mol. The second kappa shape index (κ2) is 5.58. The molecule has 2 rings (SSSR count). The van der Waals surface area contributed by atoms with Crippen LogP contribution < -0.4 is 0 Å². The first-order valence-electron chi connectivity index (χ1n) is 5.40. The quantitative estimate of drug-likeness (QED) is 0.493. The van der Waals surface area contributed by atoms with Crippen LogP contribution in [0.15, 0.2) is 23.4 Å². The van der Waals surface area contributed by atoms with Gasteiger partial charge in [-0.15, -0.1) is 10.2 Å². The third kappa shape index (κ3) is 3.05. The molecule has 100 valence electrons. The van der Waals surface area contributed by atoms with E-state index in [1.165, 1.54) is 30.0 Å². The molecule has 0 aliphatic rings.